The number of hydrogen-bond donors (Lipinski definition) is 2. The van der Waals surface area contributed by atoms with Gasteiger partial charge in [0, 0.05) is 31.9 Å². The third-order valence-electron chi connectivity index (χ3n) is 4.95. The van der Waals surface area contributed by atoms with Crippen molar-refractivity contribution in [3.05, 3.63) is 18.2 Å². The highest BCUT2D eigenvalue weighted by atomic mass is 16.1. The summed E-state index contributed by atoms with van der Waals surface area (Å²) in [6.07, 6.45) is 12.4. The van der Waals surface area contributed by atoms with Crippen LogP contribution in [0.5, 0.6) is 0 Å². The summed E-state index contributed by atoms with van der Waals surface area (Å²) >= 11 is 0. The van der Waals surface area contributed by atoms with Crippen LogP contribution in [0.25, 0.3) is 0 Å². The fourth-order valence-electron chi connectivity index (χ4n) is 3.43. The molecule has 124 valence electrons. The van der Waals surface area contributed by atoms with E-state index in [9.17, 15) is 4.79 Å². The minimum atomic E-state index is 0.0657. The summed E-state index contributed by atoms with van der Waals surface area (Å²) in [5, 5.41) is 3.06. The van der Waals surface area contributed by atoms with E-state index in [4.69, 9.17) is 5.73 Å². The van der Waals surface area contributed by atoms with Crippen molar-refractivity contribution >= 4 is 5.91 Å². The normalized spacial score (nSPS) is 17.4. The largest absolute Gasteiger partial charge is 0.356 e. The lowest BCUT2D eigenvalue weighted by molar-refractivity contribution is -0.123. The molecule has 0 radical (unpaired) electrons. The molecule has 5 nitrogen and oxygen atoms in total. The van der Waals surface area contributed by atoms with Crippen LogP contribution in [0.15, 0.2) is 12.4 Å². The van der Waals surface area contributed by atoms with E-state index in [0.29, 0.717) is 13.0 Å². The highest BCUT2D eigenvalue weighted by Crippen LogP contribution is 2.38. The summed E-state index contributed by atoms with van der Waals surface area (Å²) in [5.41, 5.74) is 6.01. The first-order valence-electron chi connectivity index (χ1n) is 8.60. The minimum absolute atomic E-state index is 0.0657. The molecule has 0 aliphatic heterocycles. The summed E-state index contributed by atoms with van der Waals surface area (Å²) in [4.78, 5) is 16.3. The van der Waals surface area contributed by atoms with Crippen LogP contribution in [0.1, 0.15) is 57.2 Å². The molecule has 1 heterocycles. The molecule has 0 spiro atoms. The van der Waals surface area contributed by atoms with Gasteiger partial charge in [-0.15, -0.1) is 0 Å². The smallest absolute Gasteiger partial charge is 0.220 e. The van der Waals surface area contributed by atoms with Gasteiger partial charge >= 0.3 is 0 Å². The molecule has 0 unspecified atom stereocenters. The van der Waals surface area contributed by atoms with Gasteiger partial charge in [0.25, 0.3) is 0 Å². The summed E-state index contributed by atoms with van der Waals surface area (Å²) < 4.78 is 2.15. The number of nitrogens with two attached hydrogens (primary N) is 1. The lowest BCUT2D eigenvalue weighted by Gasteiger charge is -2.35. The van der Waals surface area contributed by atoms with E-state index in [0.717, 1.165) is 44.6 Å². The standard InChI is InChI=1S/C17H30N4O/c1-15-19-10-12-21(15)11-6-5-9-20-16(22)13-17(14-18)7-3-2-4-8-17/h10,12H,2-9,11,13-14,18H2,1H3,(H,20,22). The zero-order chi connectivity index (χ0) is 15.8. The zero-order valence-electron chi connectivity index (χ0n) is 13.8. The second kappa shape index (κ2) is 8.32. The first kappa shape index (κ1) is 17.0. The maximum atomic E-state index is 12.1. The van der Waals surface area contributed by atoms with Crippen LogP contribution in [-0.2, 0) is 11.3 Å². The Balaban J connectivity index is 1.62. The van der Waals surface area contributed by atoms with E-state index in [1.165, 1.54) is 19.3 Å². The fraction of sp³-hybridized carbons (Fsp3) is 0.765. The molecular weight excluding hydrogens is 276 g/mol. The SMILES string of the molecule is Cc1nccn1CCCCNC(=O)CC1(CN)CCCCC1. The molecule has 0 bridgehead atoms. The Labute approximate surface area is 133 Å². The number of amides is 1. The highest BCUT2D eigenvalue weighted by Gasteiger charge is 2.32. The third-order valence-corrected chi connectivity index (χ3v) is 4.95. The summed E-state index contributed by atoms with van der Waals surface area (Å²) in [6, 6.07) is 0. The van der Waals surface area contributed by atoms with Gasteiger partial charge in [-0.1, -0.05) is 19.3 Å². The predicted molar refractivity (Wildman–Crippen MR) is 88.4 cm³/mol. The van der Waals surface area contributed by atoms with Crippen molar-refractivity contribution in [3.63, 3.8) is 0 Å². The fourth-order valence-corrected chi connectivity index (χ4v) is 3.43. The van der Waals surface area contributed by atoms with Gasteiger partial charge in [-0.3, -0.25) is 4.79 Å². The van der Waals surface area contributed by atoms with Crippen LogP contribution < -0.4 is 11.1 Å². The van der Waals surface area contributed by atoms with Crippen molar-refractivity contribution in [2.45, 2.75) is 64.8 Å². The van der Waals surface area contributed by atoms with Gasteiger partial charge in [-0.25, -0.2) is 4.98 Å². The van der Waals surface area contributed by atoms with Crippen LogP contribution in [-0.4, -0.2) is 28.5 Å². The second-order valence-corrected chi connectivity index (χ2v) is 6.67. The van der Waals surface area contributed by atoms with E-state index in [-0.39, 0.29) is 11.3 Å². The zero-order valence-corrected chi connectivity index (χ0v) is 13.8. The Hall–Kier alpha value is -1.36. The molecule has 22 heavy (non-hydrogen) atoms. The van der Waals surface area contributed by atoms with E-state index in [1.807, 2.05) is 19.3 Å². The number of imidazole rings is 1. The van der Waals surface area contributed by atoms with E-state index >= 15 is 0 Å². The van der Waals surface area contributed by atoms with Crippen LogP contribution in [0, 0.1) is 12.3 Å². The first-order chi connectivity index (χ1) is 10.7. The number of hydrogen-bond acceptors (Lipinski definition) is 3. The molecule has 1 aliphatic rings. The Bertz CT molecular complexity index is 463. The third kappa shape index (κ3) is 4.83. The van der Waals surface area contributed by atoms with E-state index in [1.54, 1.807) is 0 Å². The first-order valence-corrected chi connectivity index (χ1v) is 8.60. The monoisotopic (exact) mass is 306 g/mol. The Morgan fingerprint density at radius 3 is 2.77 bits per heavy atom. The summed E-state index contributed by atoms with van der Waals surface area (Å²) in [5.74, 6) is 1.22. The van der Waals surface area contributed by atoms with Gasteiger partial charge in [-0.05, 0) is 44.6 Å². The predicted octanol–water partition coefficient (Wildman–Crippen LogP) is 2.39. The van der Waals surface area contributed by atoms with Crippen molar-refractivity contribution in [1.29, 1.82) is 0 Å². The lowest BCUT2D eigenvalue weighted by Crippen LogP contribution is -2.38. The van der Waals surface area contributed by atoms with Crippen molar-refractivity contribution in [1.82, 2.24) is 14.9 Å². The maximum absolute atomic E-state index is 12.1. The molecule has 1 aromatic rings. The van der Waals surface area contributed by atoms with Crippen LogP contribution in [0.3, 0.4) is 0 Å². The molecule has 1 aromatic heterocycles. The number of nitrogens with one attached hydrogen (secondary N) is 1. The molecule has 0 atom stereocenters. The van der Waals surface area contributed by atoms with Gasteiger partial charge in [0.15, 0.2) is 0 Å². The van der Waals surface area contributed by atoms with Crippen molar-refractivity contribution in [2.24, 2.45) is 11.1 Å². The van der Waals surface area contributed by atoms with Crippen LogP contribution >= 0.6 is 0 Å². The van der Waals surface area contributed by atoms with Crippen LogP contribution in [0.2, 0.25) is 0 Å². The summed E-state index contributed by atoms with van der Waals surface area (Å²) in [6.45, 7) is 4.38. The van der Waals surface area contributed by atoms with Gasteiger partial charge < -0.3 is 15.6 Å². The quantitative estimate of drug-likeness (QED) is 0.724. The Morgan fingerprint density at radius 2 is 2.14 bits per heavy atom. The number of nitrogens with zero attached hydrogens (tertiary/aromatic N) is 2. The van der Waals surface area contributed by atoms with Gasteiger partial charge in [0.2, 0.25) is 5.91 Å². The Morgan fingerprint density at radius 1 is 1.36 bits per heavy atom. The molecule has 1 saturated carbocycles. The number of unbranched alkanes of at least 4 members (excludes halogenated alkanes) is 1. The van der Waals surface area contributed by atoms with Crippen LogP contribution in [0.4, 0.5) is 0 Å². The molecule has 1 amide bonds. The highest BCUT2D eigenvalue weighted by molar-refractivity contribution is 5.76. The van der Waals surface area contributed by atoms with Gasteiger partial charge in [0.1, 0.15) is 5.82 Å². The molecule has 3 N–H and O–H groups in total. The van der Waals surface area contributed by atoms with Crippen molar-refractivity contribution in [3.8, 4) is 0 Å². The average Bonchev–Trinajstić information content (AvgIpc) is 2.93. The number of rotatable bonds is 8. The average molecular weight is 306 g/mol. The van der Waals surface area contributed by atoms with Crippen molar-refractivity contribution < 1.29 is 4.79 Å². The molecule has 1 aliphatic carbocycles. The molecule has 0 aromatic carbocycles. The number of carbonyl (C=O) groups excluding carboxylic acids is 1. The molecular formula is C17H30N4O. The molecule has 5 heteroatoms. The topological polar surface area (TPSA) is 72.9 Å². The van der Waals surface area contributed by atoms with Crippen molar-refractivity contribution in [2.75, 3.05) is 13.1 Å². The van der Waals surface area contributed by atoms with E-state index in [2.05, 4.69) is 14.9 Å². The molecule has 0 saturated heterocycles. The molecule has 2 rings (SSSR count). The number of aromatic nitrogens is 2. The summed E-state index contributed by atoms with van der Waals surface area (Å²) in [7, 11) is 0. The Kier molecular flexibility index (Phi) is 6.43. The second-order valence-electron chi connectivity index (χ2n) is 6.67. The number of aryl methyl sites for hydroxylation is 2. The van der Waals surface area contributed by atoms with Gasteiger partial charge in [-0.2, -0.15) is 0 Å². The maximum Gasteiger partial charge on any atom is 0.220 e. The van der Waals surface area contributed by atoms with Gasteiger partial charge in [0.05, 0.1) is 0 Å². The number of carbonyl (C=O) groups is 1. The molecule has 1 fully saturated rings. The van der Waals surface area contributed by atoms with E-state index < -0.39 is 0 Å². The lowest BCUT2D eigenvalue weighted by atomic mass is 9.71. The minimum Gasteiger partial charge on any atom is -0.356 e.